The van der Waals surface area contributed by atoms with Crippen LogP contribution < -0.4 is 0 Å². The predicted octanol–water partition coefficient (Wildman–Crippen LogP) is 2.50. The van der Waals surface area contributed by atoms with Gasteiger partial charge in [0.25, 0.3) is 0 Å². The van der Waals surface area contributed by atoms with Gasteiger partial charge in [-0.25, -0.2) is 0 Å². The molecular weight excluding hydrogens is 124 g/mol. The quantitative estimate of drug-likeness (QED) is 0.416. The van der Waals surface area contributed by atoms with E-state index in [0.717, 1.165) is 11.4 Å². The average molecular weight is 140 g/mol. The van der Waals surface area contributed by atoms with Gasteiger partial charge in [0.2, 0.25) is 0 Å². The van der Waals surface area contributed by atoms with Crippen LogP contribution in [0.1, 0.15) is 34.6 Å². The fourth-order valence-corrected chi connectivity index (χ4v) is 0.294. The van der Waals surface area contributed by atoms with Crippen LogP contribution in [-0.4, -0.2) is 11.4 Å². The second kappa shape index (κ2) is 4.20. The Morgan fingerprint density at radius 3 is 1.80 bits per heavy atom. The minimum atomic E-state index is 0.503. The Kier molecular flexibility index (Phi) is 3.93. The SMILES string of the molecule is CC(C)=N/N=C(/C)C(C)C. The van der Waals surface area contributed by atoms with Crippen molar-refractivity contribution in [3.8, 4) is 0 Å². The molecule has 0 saturated carbocycles. The van der Waals surface area contributed by atoms with Gasteiger partial charge in [0.05, 0.1) is 0 Å². The van der Waals surface area contributed by atoms with E-state index in [2.05, 4.69) is 24.1 Å². The second-order valence-electron chi connectivity index (χ2n) is 2.94. The predicted molar refractivity (Wildman–Crippen MR) is 46.7 cm³/mol. The maximum atomic E-state index is 4.03. The van der Waals surface area contributed by atoms with Crippen molar-refractivity contribution >= 4 is 11.4 Å². The van der Waals surface area contributed by atoms with Gasteiger partial charge >= 0.3 is 0 Å². The summed E-state index contributed by atoms with van der Waals surface area (Å²) in [4.78, 5) is 0. The molecule has 0 heterocycles. The molecule has 10 heavy (non-hydrogen) atoms. The highest BCUT2D eigenvalue weighted by atomic mass is 15.2. The first-order valence-corrected chi connectivity index (χ1v) is 3.59. The summed E-state index contributed by atoms with van der Waals surface area (Å²) in [6.45, 7) is 10.1. The minimum absolute atomic E-state index is 0.503. The molecule has 0 rings (SSSR count). The summed E-state index contributed by atoms with van der Waals surface area (Å²) >= 11 is 0. The maximum absolute atomic E-state index is 4.03. The molecule has 0 aliphatic heterocycles. The molecule has 2 nitrogen and oxygen atoms in total. The molecule has 0 radical (unpaired) electrons. The van der Waals surface area contributed by atoms with Crippen LogP contribution >= 0.6 is 0 Å². The highest BCUT2D eigenvalue weighted by Gasteiger charge is 1.95. The molecule has 0 aromatic carbocycles. The molecule has 0 amide bonds. The molecule has 58 valence electrons. The lowest BCUT2D eigenvalue weighted by Gasteiger charge is -1.99. The average Bonchev–Trinajstić information content (AvgIpc) is 1.82. The van der Waals surface area contributed by atoms with E-state index in [4.69, 9.17) is 0 Å². The van der Waals surface area contributed by atoms with Crippen molar-refractivity contribution in [1.29, 1.82) is 0 Å². The van der Waals surface area contributed by atoms with E-state index in [1.165, 1.54) is 0 Å². The van der Waals surface area contributed by atoms with Crippen LogP contribution in [0.4, 0.5) is 0 Å². The van der Waals surface area contributed by atoms with E-state index in [1.54, 1.807) is 0 Å². The fourth-order valence-electron chi connectivity index (χ4n) is 0.294. The first-order valence-electron chi connectivity index (χ1n) is 3.59. The van der Waals surface area contributed by atoms with Crippen molar-refractivity contribution in [2.75, 3.05) is 0 Å². The topological polar surface area (TPSA) is 24.7 Å². The van der Waals surface area contributed by atoms with Gasteiger partial charge in [-0.2, -0.15) is 10.2 Å². The molecule has 0 aromatic rings. The van der Waals surface area contributed by atoms with Crippen LogP contribution in [-0.2, 0) is 0 Å². The summed E-state index contributed by atoms with van der Waals surface area (Å²) in [6.07, 6.45) is 0. The smallest absolute Gasteiger partial charge is 0.0400 e. The zero-order chi connectivity index (χ0) is 8.15. The fraction of sp³-hybridized carbons (Fsp3) is 0.750. The number of nitrogens with zero attached hydrogens (tertiary/aromatic N) is 2. The molecular formula is C8H16N2. The maximum Gasteiger partial charge on any atom is 0.0400 e. The normalized spacial score (nSPS) is 12.0. The summed E-state index contributed by atoms with van der Waals surface area (Å²) in [7, 11) is 0. The van der Waals surface area contributed by atoms with Crippen molar-refractivity contribution in [3.05, 3.63) is 0 Å². The Bertz CT molecular complexity index is 151. The molecule has 0 N–H and O–H groups in total. The molecule has 2 heteroatoms. The van der Waals surface area contributed by atoms with E-state index in [-0.39, 0.29) is 0 Å². The molecule has 0 fully saturated rings. The summed E-state index contributed by atoms with van der Waals surface area (Å²) in [5, 5.41) is 7.98. The van der Waals surface area contributed by atoms with E-state index in [9.17, 15) is 0 Å². The van der Waals surface area contributed by atoms with Gasteiger partial charge in [-0.05, 0) is 26.7 Å². The summed E-state index contributed by atoms with van der Waals surface area (Å²) in [5.74, 6) is 0.503. The number of hydrogen-bond acceptors (Lipinski definition) is 2. The van der Waals surface area contributed by atoms with E-state index < -0.39 is 0 Å². The highest BCUT2D eigenvalue weighted by Crippen LogP contribution is 1.96. The van der Waals surface area contributed by atoms with Gasteiger partial charge < -0.3 is 0 Å². The Labute approximate surface area is 63.1 Å². The third-order valence-electron chi connectivity index (χ3n) is 1.24. The van der Waals surface area contributed by atoms with Crippen LogP contribution in [0.5, 0.6) is 0 Å². The molecule has 0 spiro atoms. The van der Waals surface area contributed by atoms with Gasteiger partial charge in [0.1, 0.15) is 0 Å². The van der Waals surface area contributed by atoms with Crippen LogP contribution in [0.15, 0.2) is 10.2 Å². The molecule has 0 aliphatic carbocycles. The van der Waals surface area contributed by atoms with Crippen molar-refractivity contribution in [2.45, 2.75) is 34.6 Å². The summed E-state index contributed by atoms with van der Waals surface area (Å²) in [6, 6.07) is 0. The van der Waals surface area contributed by atoms with Crippen LogP contribution in [0.3, 0.4) is 0 Å². The van der Waals surface area contributed by atoms with Gasteiger partial charge in [-0.1, -0.05) is 13.8 Å². The largest absolute Gasteiger partial charge is 0.161 e. The van der Waals surface area contributed by atoms with E-state index in [0.29, 0.717) is 5.92 Å². The first-order chi connectivity index (χ1) is 4.54. The third-order valence-corrected chi connectivity index (χ3v) is 1.24. The molecule has 0 aliphatic rings. The zero-order valence-corrected chi connectivity index (χ0v) is 7.47. The molecule has 0 bridgehead atoms. The van der Waals surface area contributed by atoms with Crippen molar-refractivity contribution in [2.24, 2.45) is 16.1 Å². The number of hydrogen-bond donors (Lipinski definition) is 0. The molecule has 0 aromatic heterocycles. The Morgan fingerprint density at radius 2 is 1.50 bits per heavy atom. The van der Waals surface area contributed by atoms with Crippen LogP contribution in [0.25, 0.3) is 0 Å². The molecule has 0 unspecified atom stereocenters. The summed E-state index contributed by atoms with van der Waals surface area (Å²) in [5.41, 5.74) is 2.08. The summed E-state index contributed by atoms with van der Waals surface area (Å²) < 4.78 is 0. The van der Waals surface area contributed by atoms with Crippen molar-refractivity contribution in [1.82, 2.24) is 0 Å². The van der Waals surface area contributed by atoms with Gasteiger partial charge in [0.15, 0.2) is 0 Å². The lowest BCUT2D eigenvalue weighted by Crippen LogP contribution is -2.00. The molecule has 0 atom stereocenters. The Balaban J connectivity index is 4.05. The lowest BCUT2D eigenvalue weighted by molar-refractivity contribution is 0.869. The standard InChI is InChI=1S/C8H16N2/c1-6(2)8(5)10-9-7(3)4/h6H,1-5H3/b10-8-. The van der Waals surface area contributed by atoms with Crippen LogP contribution in [0, 0.1) is 5.92 Å². The first kappa shape index (κ1) is 9.34. The van der Waals surface area contributed by atoms with E-state index >= 15 is 0 Å². The second-order valence-corrected chi connectivity index (χ2v) is 2.94. The monoisotopic (exact) mass is 140 g/mol. The van der Waals surface area contributed by atoms with Crippen molar-refractivity contribution < 1.29 is 0 Å². The van der Waals surface area contributed by atoms with Gasteiger partial charge in [-0.3, -0.25) is 0 Å². The Hall–Kier alpha value is -0.660. The third kappa shape index (κ3) is 4.24. The van der Waals surface area contributed by atoms with Crippen molar-refractivity contribution in [3.63, 3.8) is 0 Å². The lowest BCUT2D eigenvalue weighted by atomic mass is 10.1. The number of rotatable bonds is 2. The van der Waals surface area contributed by atoms with E-state index in [1.807, 2.05) is 20.8 Å². The Morgan fingerprint density at radius 1 is 1.00 bits per heavy atom. The highest BCUT2D eigenvalue weighted by molar-refractivity contribution is 5.85. The van der Waals surface area contributed by atoms with Gasteiger partial charge in [-0.15, -0.1) is 0 Å². The van der Waals surface area contributed by atoms with Gasteiger partial charge in [0, 0.05) is 11.4 Å². The minimum Gasteiger partial charge on any atom is -0.161 e. The van der Waals surface area contributed by atoms with Crippen LogP contribution in [0.2, 0.25) is 0 Å². The zero-order valence-electron chi connectivity index (χ0n) is 7.47. The molecule has 0 saturated heterocycles.